The van der Waals surface area contributed by atoms with E-state index in [-0.39, 0.29) is 18.0 Å². The number of hydrogen-bond acceptors (Lipinski definition) is 7. The molecule has 0 bridgehead atoms. The van der Waals surface area contributed by atoms with Crippen molar-refractivity contribution in [2.24, 2.45) is 0 Å². The highest BCUT2D eigenvalue weighted by molar-refractivity contribution is 5.98. The second-order valence-corrected chi connectivity index (χ2v) is 9.27. The zero-order chi connectivity index (χ0) is 25.8. The fraction of sp³-hybridized carbons (Fsp3) is 0.370. The van der Waals surface area contributed by atoms with Crippen molar-refractivity contribution in [2.75, 3.05) is 35.4 Å². The summed E-state index contributed by atoms with van der Waals surface area (Å²) < 4.78 is 0. The molecule has 3 aromatic rings. The molecule has 1 aromatic carbocycles. The first-order chi connectivity index (χ1) is 18.0. The number of urea groups is 1. The minimum atomic E-state index is -0.132. The number of amides is 3. The summed E-state index contributed by atoms with van der Waals surface area (Å²) in [4.78, 5) is 40.7. The number of hydrazine groups is 1. The molecule has 1 fully saturated rings. The molecule has 2 aliphatic rings. The number of rotatable bonds is 8. The van der Waals surface area contributed by atoms with E-state index >= 15 is 0 Å². The highest BCUT2D eigenvalue weighted by Crippen LogP contribution is 2.38. The molecular formula is C27H32N8O2. The van der Waals surface area contributed by atoms with Crippen LogP contribution in [0.5, 0.6) is 0 Å². The van der Waals surface area contributed by atoms with E-state index < -0.39 is 0 Å². The minimum Gasteiger partial charge on any atom is -0.352 e. The molecule has 10 nitrogen and oxygen atoms in total. The summed E-state index contributed by atoms with van der Waals surface area (Å²) in [5.74, 6) is 1.04. The number of aromatic nitrogens is 3. The van der Waals surface area contributed by atoms with Crippen LogP contribution < -0.4 is 20.5 Å². The highest BCUT2D eigenvalue weighted by atomic mass is 16.2. The lowest BCUT2D eigenvalue weighted by Crippen LogP contribution is -2.59. The van der Waals surface area contributed by atoms with Crippen molar-refractivity contribution >= 4 is 35.1 Å². The predicted octanol–water partition coefficient (Wildman–Crippen LogP) is 4.14. The molecular weight excluding hydrogens is 468 g/mol. The van der Waals surface area contributed by atoms with Gasteiger partial charge in [-0.25, -0.2) is 14.8 Å². The van der Waals surface area contributed by atoms with Gasteiger partial charge in [0.1, 0.15) is 5.69 Å². The lowest BCUT2D eigenvalue weighted by atomic mass is 10.2. The molecule has 0 atom stereocenters. The SMILES string of the molecule is CCN1C(=O)N(C)c2cnc(Nc3ccc(C(=O)NCCc4ccccn4)cc3)nc2N1C1CCCC1. The van der Waals surface area contributed by atoms with Crippen molar-refractivity contribution in [3.05, 3.63) is 66.1 Å². The van der Waals surface area contributed by atoms with Gasteiger partial charge < -0.3 is 10.6 Å². The Morgan fingerprint density at radius 2 is 1.86 bits per heavy atom. The van der Waals surface area contributed by atoms with Crippen molar-refractivity contribution < 1.29 is 9.59 Å². The number of carbonyl (C=O) groups excluding carboxylic acids is 2. The molecule has 1 aliphatic heterocycles. The Kier molecular flexibility index (Phi) is 7.16. The van der Waals surface area contributed by atoms with Crippen LogP contribution in [0.3, 0.4) is 0 Å². The summed E-state index contributed by atoms with van der Waals surface area (Å²) in [5, 5.41) is 10.0. The van der Waals surface area contributed by atoms with Crippen LogP contribution in [0.1, 0.15) is 48.7 Å². The van der Waals surface area contributed by atoms with Crippen molar-refractivity contribution in [1.82, 2.24) is 25.3 Å². The zero-order valence-corrected chi connectivity index (χ0v) is 21.2. The summed E-state index contributed by atoms with van der Waals surface area (Å²) in [6.45, 7) is 3.06. The van der Waals surface area contributed by atoms with Gasteiger partial charge in [0.15, 0.2) is 5.82 Å². The maximum absolute atomic E-state index is 13.0. The summed E-state index contributed by atoms with van der Waals surface area (Å²) in [5.41, 5.74) is 2.98. The van der Waals surface area contributed by atoms with Gasteiger partial charge >= 0.3 is 6.03 Å². The third-order valence-electron chi connectivity index (χ3n) is 6.86. The summed E-state index contributed by atoms with van der Waals surface area (Å²) in [6, 6.07) is 13.1. The fourth-order valence-corrected chi connectivity index (χ4v) is 4.91. The molecule has 2 N–H and O–H groups in total. The smallest absolute Gasteiger partial charge is 0.343 e. The average Bonchev–Trinajstić information content (AvgIpc) is 3.46. The van der Waals surface area contributed by atoms with Gasteiger partial charge in [-0.2, -0.15) is 4.98 Å². The van der Waals surface area contributed by atoms with Gasteiger partial charge in [-0.05, 0) is 56.2 Å². The van der Waals surface area contributed by atoms with Crippen LogP contribution in [0.4, 0.5) is 27.9 Å². The van der Waals surface area contributed by atoms with Gasteiger partial charge in [0, 0.05) is 49.7 Å². The van der Waals surface area contributed by atoms with E-state index in [0.29, 0.717) is 36.7 Å². The molecule has 0 saturated heterocycles. The number of fused-ring (bicyclic) bond motifs is 1. The first-order valence-electron chi connectivity index (χ1n) is 12.8. The Labute approximate surface area is 216 Å². The molecule has 10 heteroatoms. The van der Waals surface area contributed by atoms with Crippen molar-refractivity contribution in [3.63, 3.8) is 0 Å². The molecule has 5 rings (SSSR count). The minimum absolute atomic E-state index is 0.0693. The van der Waals surface area contributed by atoms with Crippen LogP contribution in [0.2, 0.25) is 0 Å². The quantitative estimate of drug-likeness (QED) is 0.479. The van der Waals surface area contributed by atoms with E-state index in [1.165, 1.54) is 0 Å². The van der Waals surface area contributed by atoms with Gasteiger partial charge in [0.2, 0.25) is 5.95 Å². The Morgan fingerprint density at radius 3 is 2.57 bits per heavy atom. The number of nitrogens with one attached hydrogen (secondary N) is 2. The first-order valence-corrected chi connectivity index (χ1v) is 12.8. The highest BCUT2D eigenvalue weighted by Gasteiger charge is 2.39. The maximum atomic E-state index is 13.0. The molecule has 3 amide bonds. The van der Waals surface area contributed by atoms with Gasteiger partial charge in [-0.1, -0.05) is 18.9 Å². The van der Waals surface area contributed by atoms with Gasteiger partial charge in [0.05, 0.1) is 12.2 Å². The van der Waals surface area contributed by atoms with Crippen LogP contribution in [-0.4, -0.2) is 58.1 Å². The lowest BCUT2D eigenvalue weighted by molar-refractivity contribution is 0.0954. The Hall–Kier alpha value is -4.21. The van der Waals surface area contributed by atoms with E-state index in [9.17, 15) is 9.59 Å². The number of pyridine rings is 1. The molecule has 192 valence electrons. The molecule has 0 unspecified atom stereocenters. The molecule has 2 aromatic heterocycles. The van der Waals surface area contributed by atoms with Crippen LogP contribution in [-0.2, 0) is 6.42 Å². The Bertz CT molecular complexity index is 1250. The van der Waals surface area contributed by atoms with Crippen LogP contribution >= 0.6 is 0 Å². The summed E-state index contributed by atoms with van der Waals surface area (Å²) in [7, 11) is 1.76. The molecule has 1 saturated carbocycles. The molecule has 1 aliphatic carbocycles. The Balaban J connectivity index is 1.28. The third kappa shape index (κ3) is 5.18. The Morgan fingerprint density at radius 1 is 1.08 bits per heavy atom. The van der Waals surface area contributed by atoms with E-state index in [0.717, 1.165) is 42.9 Å². The van der Waals surface area contributed by atoms with Crippen molar-refractivity contribution in [3.8, 4) is 0 Å². The molecule has 37 heavy (non-hydrogen) atoms. The number of anilines is 4. The largest absolute Gasteiger partial charge is 0.352 e. The molecule has 0 spiro atoms. The van der Waals surface area contributed by atoms with Crippen LogP contribution in [0.25, 0.3) is 0 Å². The average molecular weight is 501 g/mol. The second kappa shape index (κ2) is 10.8. The summed E-state index contributed by atoms with van der Waals surface area (Å²) in [6.07, 6.45) is 8.49. The standard InChI is InChI=1S/C27H32N8O2/c1-3-34-27(37)33(2)23-18-30-26(32-24(23)35(34)22-9-4-5-10-22)31-21-13-11-19(12-14-21)25(36)29-17-15-20-8-6-7-16-28-20/h6-8,11-14,16,18,22H,3-5,9-10,15,17H2,1-2H3,(H,29,36)(H,30,31,32). The van der Waals surface area contributed by atoms with Gasteiger partial charge in [-0.15, -0.1) is 0 Å². The molecule has 0 radical (unpaired) electrons. The lowest BCUT2D eigenvalue weighted by Gasteiger charge is -2.45. The first kappa shape index (κ1) is 24.5. The monoisotopic (exact) mass is 500 g/mol. The number of hydrogen-bond donors (Lipinski definition) is 2. The number of carbonyl (C=O) groups is 2. The second-order valence-electron chi connectivity index (χ2n) is 9.27. The maximum Gasteiger partial charge on any atom is 0.343 e. The zero-order valence-electron chi connectivity index (χ0n) is 21.2. The fourth-order valence-electron chi connectivity index (χ4n) is 4.91. The normalized spacial score (nSPS) is 15.6. The summed E-state index contributed by atoms with van der Waals surface area (Å²) >= 11 is 0. The van der Waals surface area contributed by atoms with Crippen molar-refractivity contribution in [2.45, 2.75) is 45.1 Å². The van der Waals surface area contributed by atoms with Gasteiger partial charge in [-0.3, -0.25) is 19.7 Å². The van der Waals surface area contributed by atoms with Gasteiger partial charge in [0.25, 0.3) is 5.91 Å². The predicted molar refractivity (Wildman–Crippen MR) is 143 cm³/mol. The number of benzene rings is 1. The molecule has 3 heterocycles. The topological polar surface area (TPSA) is 107 Å². The van der Waals surface area contributed by atoms with E-state index in [4.69, 9.17) is 4.98 Å². The van der Waals surface area contributed by atoms with Crippen molar-refractivity contribution in [1.29, 1.82) is 0 Å². The number of nitrogens with zero attached hydrogens (tertiary/aromatic N) is 6. The van der Waals surface area contributed by atoms with E-state index in [1.807, 2.05) is 37.3 Å². The van der Waals surface area contributed by atoms with Crippen LogP contribution in [0.15, 0.2) is 54.9 Å². The third-order valence-corrected chi connectivity index (χ3v) is 6.86. The van der Waals surface area contributed by atoms with Crippen LogP contribution in [0, 0.1) is 0 Å². The van der Waals surface area contributed by atoms with E-state index in [1.54, 1.807) is 41.5 Å². The van der Waals surface area contributed by atoms with E-state index in [2.05, 4.69) is 25.6 Å².